The third kappa shape index (κ3) is 4.94. The number of benzene rings is 1. The molecule has 6 N–H and O–H groups in total. The van der Waals surface area contributed by atoms with E-state index in [0.29, 0.717) is 0 Å². The highest BCUT2D eigenvalue weighted by Crippen LogP contribution is 2.14. The highest BCUT2D eigenvalue weighted by Gasteiger charge is 2.05. The maximum absolute atomic E-state index is 10.3. The Balaban J connectivity index is 0.000000364. The van der Waals surface area contributed by atoms with Gasteiger partial charge >= 0.3 is 5.97 Å². The highest BCUT2D eigenvalue weighted by atomic mass is 32.1. The minimum atomic E-state index is -1.11. The average Bonchev–Trinajstić information content (AvgIpc) is 2.03. The summed E-state index contributed by atoms with van der Waals surface area (Å²) < 4.78 is 0. The van der Waals surface area contributed by atoms with Crippen LogP contribution in [-0.2, 0) is 0 Å². The molecule has 5 nitrogen and oxygen atoms in total. The Hall–Kier alpha value is -1.82. The number of hydrogen-bond donors (Lipinski definition) is 4. The predicted octanol–water partition coefficient (Wildman–Crippen LogP) is 0.279. The fourth-order valence-corrected chi connectivity index (χ4v) is 0.654. The number of thiocarbonyl (C=S) groups is 1. The van der Waals surface area contributed by atoms with E-state index in [1.165, 1.54) is 12.1 Å². The molecule has 1 aromatic carbocycles. The molecule has 0 saturated carbocycles. The van der Waals surface area contributed by atoms with E-state index in [1.807, 2.05) is 0 Å². The maximum Gasteiger partial charge on any atom is 0.339 e. The van der Waals surface area contributed by atoms with Crippen LogP contribution in [0.15, 0.2) is 24.3 Å². The van der Waals surface area contributed by atoms with E-state index in [1.54, 1.807) is 12.1 Å². The summed E-state index contributed by atoms with van der Waals surface area (Å²) in [4.78, 5) is 10.3. The molecule has 1 aromatic rings. The minimum absolute atomic E-state index is 0.000000000000000222. The molecule has 1 rings (SSSR count). The largest absolute Gasteiger partial charge is 0.507 e. The number of carboxylic acid groups (broad SMARTS) is 1. The molecular weight excluding hydrogens is 204 g/mol. The molecule has 0 atom stereocenters. The van der Waals surface area contributed by atoms with Crippen LogP contribution in [0.25, 0.3) is 0 Å². The molecule has 0 heterocycles. The van der Waals surface area contributed by atoms with Gasteiger partial charge in [-0.3, -0.25) is 0 Å². The zero-order valence-electron chi connectivity index (χ0n) is 7.18. The van der Waals surface area contributed by atoms with Crippen molar-refractivity contribution in [3.8, 4) is 5.75 Å². The summed E-state index contributed by atoms with van der Waals surface area (Å²) in [5.41, 5.74) is 9.17. The number of carbonyl (C=O) groups is 1. The second-order valence-corrected chi connectivity index (χ2v) is 2.70. The first-order chi connectivity index (χ1) is 6.45. The molecule has 0 fully saturated rings. The van der Waals surface area contributed by atoms with Crippen LogP contribution in [0.3, 0.4) is 0 Å². The number of para-hydroxylation sites is 1. The van der Waals surface area contributed by atoms with Crippen molar-refractivity contribution in [2.45, 2.75) is 0 Å². The van der Waals surface area contributed by atoms with E-state index < -0.39 is 5.97 Å². The number of carboxylic acids is 1. The summed E-state index contributed by atoms with van der Waals surface area (Å²) in [7, 11) is 0. The number of aromatic hydroxyl groups is 1. The zero-order chi connectivity index (χ0) is 11.1. The molecule has 6 heteroatoms. The summed E-state index contributed by atoms with van der Waals surface area (Å²) in [5, 5.41) is 17.3. The standard InChI is InChI=1S/C7H6O3.CH4N2S/c8-6-4-2-1-3-5(6)7(9)10;2-1(3)4/h1-4,8H,(H,9,10);(H4,2,3,4). The van der Waals surface area contributed by atoms with Crippen LogP contribution in [0.5, 0.6) is 5.75 Å². The van der Waals surface area contributed by atoms with Crippen molar-refractivity contribution in [3.63, 3.8) is 0 Å². The highest BCUT2D eigenvalue weighted by molar-refractivity contribution is 7.80. The molecule has 0 spiro atoms. The molecular formula is C8H10N2O3S. The van der Waals surface area contributed by atoms with E-state index in [2.05, 4.69) is 23.7 Å². The van der Waals surface area contributed by atoms with E-state index in [9.17, 15) is 4.79 Å². The Morgan fingerprint density at radius 2 is 1.71 bits per heavy atom. The van der Waals surface area contributed by atoms with Crippen molar-refractivity contribution in [2.24, 2.45) is 11.5 Å². The van der Waals surface area contributed by atoms with Gasteiger partial charge in [0.05, 0.1) is 0 Å². The van der Waals surface area contributed by atoms with Gasteiger partial charge in [0.1, 0.15) is 11.3 Å². The van der Waals surface area contributed by atoms with Gasteiger partial charge in [0.25, 0.3) is 0 Å². The molecule has 76 valence electrons. The maximum atomic E-state index is 10.3. The van der Waals surface area contributed by atoms with Crippen LogP contribution in [0, 0.1) is 0 Å². The molecule has 0 bridgehead atoms. The summed E-state index contributed by atoms with van der Waals surface area (Å²) in [5.74, 6) is -1.31. The van der Waals surface area contributed by atoms with Gasteiger partial charge in [0.2, 0.25) is 0 Å². The third-order valence-corrected chi connectivity index (χ3v) is 1.13. The van der Waals surface area contributed by atoms with Crippen molar-refractivity contribution in [1.29, 1.82) is 0 Å². The Morgan fingerprint density at radius 3 is 2.00 bits per heavy atom. The topological polar surface area (TPSA) is 110 Å². The van der Waals surface area contributed by atoms with Gasteiger partial charge in [-0.05, 0) is 24.4 Å². The Bertz CT molecular complexity index is 337. The average molecular weight is 214 g/mol. The molecule has 0 aliphatic rings. The summed E-state index contributed by atoms with van der Waals surface area (Å²) in [6, 6.07) is 5.81. The number of nitrogens with two attached hydrogens (primary N) is 2. The second kappa shape index (κ2) is 5.76. The molecule has 0 aliphatic carbocycles. The monoisotopic (exact) mass is 214 g/mol. The van der Waals surface area contributed by atoms with E-state index in [4.69, 9.17) is 10.2 Å². The first-order valence-electron chi connectivity index (χ1n) is 3.51. The van der Waals surface area contributed by atoms with E-state index >= 15 is 0 Å². The van der Waals surface area contributed by atoms with E-state index in [0.717, 1.165) is 0 Å². The molecule has 0 amide bonds. The molecule has 14 heavy (non-hydrogen) atoms. The van der Waals surface area contributed by atoms with Gasteiger partial charge in [-0.15, -0.1) is 0 Å². The van der Waals surface area contributed by atoms with Gasteiger partial charge in [0.15, 0.2) is 5.11 Å². The van der Waals surface area contributed by atoms with Crippen LogP contribution in [0.1, 0.15) is 10.4 Å². The van der Waals surface area contributed by atoms with Crippen LogP contribution < -0.4 is 11.5 Å². The fraction of sp³-hybridized carbons (Fsp3) is 0. The molecule has 0 unspecified atom stereocenters. The third-order valence-electron chi connectivity index (χ3n) is 1.13. The first kappa shape index (κ1) is 12.2. The van der Waals surface area contributed by atoms with Gasteiger partial charge in [-0.2, -0.15) is 0 Å². The number of rotatable bonds is 1. The normalized spacial score (nSPS) is 8.29. The lowest BCUT2D eigenvalue weighted by molar-refractivity contribution is 0.0694. The van der Waals surface area contributed by atoms with Crippen molar-refractivity contribution in [2.75, 3.05) is 0 Å². The summed E-state index contributed by atoms with van der Waals surface area (Å²) >= 11 is 4.09. The van der Waals surface area contributed by atoms with Gasteiger partial charge < -0.3 is 21.7 Å². The molecule has 0 aliphatic heterocycles. The van der Waals surface area contributed by atoms with Crippen LogP contribution in [0.2, 0.25) is 0 Å². The van der Waals surface area contributed by atoms with Crippen molar-refractivity contribution in [3.05, 3.63) is 29.8 Å². The summed E-state index contributed by atoms with van der Waals surface area (Å²) in [6.07, 6.45) is 0. The second-order valence-electron chi connectivity index (χ2n) is 2.22. The van der Waals surface area contributed by atoms with Crippen molar-refractivity contribution >= 4 is 23.3 Å². The van der Waals surface area contributed by atoms with Gasteiger partial charge in [0, 0.05) is 0 Å². The lowest BCUT2D eigenvalue weighted by Crippen LogP contribution is -2.18. The Labute approximate surface area is 86.0 Å². The zero-order valence-corrected chi connectivity index (χ0v) is 7.99. The smallest absolute Gasteiger partial charge is 0.339 e. The van der Waals surface area contributed by atoms with E-state index in [-0.39, 0.29) is 16.4 Å². The number of aromatic carboxylic acids is 1. The van der Waals surface area contributed by atoms with Crippen molar-refractivity contribution < 1.29 is 15.0 Å². The van der Waals surface area contributed by atoms with Crippen molar-refractivity contribution in [1.82, 2.24) is 0 Å². The van der Waals surface area contributed by atoms with Crippen LogP contribution in [0.4, 0.5) is 0 Å². The lowest BCUT2D eigenvalue weighted by atomic mass is 10.2. The molecule has 0 radical (unpaired) electrons. The lowest BCUT2D eigenvalue weighted by Gasteiger charge is -1.95. The molecule has 0 saturated heterocycles. The van der Waals surface area contributed by atoms with Gasteiger partial charge in [-0.1, -0.05) is 12.1 Å². The number of phenols is 1. The SMILES string of the molecule is NC(N)=S.O=C(O)c1ccccc1O. The summed E-state index contributed by atoms with van der Waals surface area (Å²) in [6.45, 7) is 0. The Kier molecular flexibility index (Phi) is 5.01. The minimum Gasteiger partial charge on any atom is -0.507 e. The fourth-order valence-electron chi connectivity index (χ4n) is 0.654. The first-order valence-corrected chi connectivity index (χ1v) is 3.92. The van der Waals surface area contributed by atoms with Gasteiger partial charge in [-0.25, -0.2) is 4.79 Å². The number of hydrogen-bond acceptors (Lipinski definition) is 3. The molecule has 0 aromatic heterocycles. The van der Waals surface area contributed by atoms with Crippen LogP contribution >= 0.6 is 12.2 Å². The quantitative estimate of drug-likeness (QED) is 0.500. The van der Waals surface area contributed by atoms with Crippen LogP contribution in [-0.4, -0.2) is 21.3 Å². The Morgan fingerprint density at radius 1 is 1.29 bits per heavy atom. The predicted molar refractivity (Wildman–Crippen MR) is 56.0 cm³/mol.